The van der Waals surface area contributed by atoms with Gasteiger partial charge in [0.25, 0.3) is 0 Å². The van der Waals surface area contributed by atoms with E-state index in [1.165, 1.54) is 23.3 Å². The van der Waals surface area contributed by atoms with Crippen LogP contribution in [0.25, 0.3) is 0 Å². The Kier molecular flexibility index (Phi) is 6.88. The van der Waals surface area contributed by atoms with Gasteiger partial charge in [-0.2, -0.15) is 0 Å². The van der Waals surface area contributed by atoms with Crippen LogP contribution >= 0.6 is 0 Å². The molecule has 1 aliphatic heterocycles. The molecule has 6 nitrogen and oxygen atoms in total. The summed E-state index contributed by atoms with van der Waals surface area (Å²) in [5, 5.41) is 5.55. The molecule has 1 fully saturated rings. The molecule has 2 aromatic rings. The molecule has 1 aliphatic rings. The van der Waals surface area contributed by atoms with Gasteiger partial charge >= 0.3 is 11.8 Å². The lowest BCUT2D eigenvalue weighted by atomic mass is 10.0. The Balaban J connectivity index is 1.65. The standard InChI is InChI=1S/C23H30N4O2/c1-17-8-4-5-9-20(17)25-23(29)22(28)24-16-21(27-14-6-7-15-27)18-10-12-19(13-11-18)26(2)3/h4-5,8-13,21H,6-7,14-16H2,1-3H3,(H,24,28)(H,25,29)/p+1/t21-/m1/s1. The summed E-state index contributed by atoms with van der Waals surface area (Å²) in [5.74, 6) is -1.22. The maximum atomic E-state index is 12.4. The molecule has 2 aromatic carbocycles. The smallest absolute Gasteiger partial charge is 0.313 e. The third-order valence-electron chi connectivity index (χ3n) is 5.62. The topological polar surface area (TPSA) is 65.9 Å². The largest absolute Gasteiger partial charge is 0.378 e. The summed E-state index contributed by atoms with van der Waals surface area (Å²) in [5.41, 5.74) is 3.92. The van der Waals surface area contributed by atoms with E-state index in [9.17, 15) is 9.59 Å². The van der Waals surface area contributed by atoms with Crippen LogP contribution in [0.4, 0.5) is 11.4 Å². The quantitative estimate of drug-likeness (QED) is 0.650. The molecule has 29 heavy (non-hydrogen) atoms. The van der Waals surface area contributed by atoms with Gasteiger partial charge in [-0.25, -0.2) is 0 Å². The monoisotopic (exact) mass is 395 g/mol. The van der Waals surface area contributed by atoms with Crippen molar-refractivity contribution in [2.24, 2.45) is 0 Å². The maximum absolute atomic E-state index is 12.4. The van der Waals surface area contributed by atoms with Crippen LogP contribution in [-0.4, -0.2) is 45.5 Å². The van der Waals surface area contributed by atoms with Crippen LogP contribution in [0.2, 0.25) is 0 Å². The van der Waals surface area contributed by atoms with E-state index in [1.807, 2.05) is 39.2 Å². The van der Waals surface area contributed by atoms with E-state index < -0.39 is 11.8 Å². The number of carbonyl (C=O) groups is 2. The summed E-state index contributed by atoms with van der Waals surface area (Å²) in [6.07, 6.45) is 2.40. The van der Waals surface area contributed by atoms with Crippen molar-refractivity contribution in [1.29, 1.82) is 0 Å². The van der Waals surface area contributed by atoms with Gasteiger partial charge in [-0.1, -0.05) is 30.3 Å². The van der Waals surface area contributed by atoms with Crippen LogP contribution in [0.5, 0.6) is 0 Å². The van der Waals surface area contributed by atoms with Gasteiger partial charge in [-0.05, 0) is 30.7 Å². The fraction of sp³-hybridized carbons (Fsp3) is 0.391. The van der Waals surface area contributed by atoms with Crippen LogP contribution in [0.3, 0.4) is 0 Å². The van der Waals surface area contributed by atoms with Crippen LogP contribution in [0.1, 0.15) is 30.0 Å². The molecule has 1 saturated heterocycles. The van der Waals surface area contributed by atoms with E-state index in [4.69, 9.17) is 0 Å². The normalized spacial score (nSPS) is 15.0. The van der Waals surface area contributed by atoms with Gasteiger partial charge in [0.15, 0.2) is 0 Å². The number of hydrogen-bond acceptors (Lipinski definition) is 3. The average molecular weight is 396 g/mol. The number of quaternary nitrogens is 1. The third kappa shape index (κ3) is 5.35. The number of benzene rings is 2. The number of para-hydroxylation sites is 1. The molecule has 0 unspecified atom stereocenters. The second-order valence-corrected chi connectivity index (χ2v) is 7.88. The number of nitrogens with one attached hydrogen (secondary N) is 3. The van der Waals surface area contributed by atoms with Crippen molar-refractivity contribution in [2.45, 2.75) is 25.8 Å². The Morgan fingerprint density at radius 2 is 1.66 bits per heavy atom. The second-order valence-electron chi connectivity index (χ2n) is 7.88. The van der Waals surface area contributed by atoms with Crippen molar-refractivity contribution >= 4 is 23.2 Å². The first-order valence-electron chi connectivity index (χ1n) is 10.2. The van der Waals surface area contributed by atoms with E-state index in [0.717, 1.165) is 24.3 Å². The molecule has 0 aromatic heterocycles. The summed E-state index contributed by atoms with van der Waals surface area (Å²) >= 11 is 0. The van der Waals surface area contributed by atoms with E-state index in [1.54, 1.807) is 6.07 Å². The fourth-order valence-electron chi connectivity index (χ4n) is 3.85. The number of carbonyl (C=O) groups excluding carboxylic acids is 2. The van der Waals surface area contributed by atoms with E-state index in [2.05, 4.69) is 39.8 Å². The summed E-state index contributed by atoms with van der Waals surface area (Å²) in [6, 6.07) is 16.0. The molecule has 6 heteroatoms. The van der Waals surface area contributed by atoms with Crippen molar-refractivity contribution in [3.8, 4) is 0 Å². The molecule has 1 heterocycles. The summed E-state index contributed by atoms with van der Waals surface area (Å²) < 4.78 is 0. The van der Waals surface area contributed by atoms with Gasteiger partial charge in [0.2, 0.25) is 0 Å². The van der Waals surface area contributed by atoms with Crippen LogP contribution in [0.15, 0.2) is 48.5 Å². The van der Waals surface area contributed by atoms with Gasteiger partial charge in [-0.15, -0.1) is 0 Å². The Bertz CT molecular complexity index is 842. The number of rotatable bonds is 6. The lowest BCUT2D eigenvalue weighted by molar-refractivity contribution is -0.918. The molecule has 0 radical (unpaired) electrons. The number of anilines is 2. The minimum atomic E-state index is -0.627. The SMILES string of the molecule is Cc1ccccc1NC(=O)C(=O)NC[C@H](c1ccc(N(C)C)cc1)[NH+]1CCCC1. The lowest BCUT2D eigenvalue weighted by Crippen LogP contribution is -3.11. The van der Waals surface area contributed by atoms with Gasteiger partial charge < -0.3 is 20.4 Å². The summed E-state index contributed by atoms with van der Waals surface area (Å²) in [4.78, 5) is 28.3. The molecule has 0 bridgehead atoms. The Morgan fingerprint density at radius 3 is 2.28 bits per heavy atom. The van der Waals surface area contributed by atoms with Gasteiger partial charge in [0, 0.05) is 43.9 Å². The first kappa shape index (κ1) is 20.9. The summed E-state index contributed by atoms with van der Waals surface area (Å²) in [7, 11) is 4.04. The van der Waals surface area contributed by atoms with Gasteiger partial charge in [0.05, 0.1) is 19.6 Å². The average Bonchev–Trinajstić information content (AvgIpc) is 3.24. The van der Waals surface area contributed by atoms with Crippen molar-refractivity contribution in [3.63, 3.8) is 0 Å². The molecule has 3 N–H and O–H groups in total. The highest BCUT2D eigenvalue weighted by Gasteiger charge is 2.28. The molecular formula is C23H31N4O2+. The first-order chi connectivity index (χ1) is 14.0. The minimum Gasteiger partial charge on any atom is -0.378 e. The molecule has 2 amide bonds. The van der Waals surface area contributed by atoms with Crippen molar-refractivity contribution in [1.82, 2.24) is 5.32 Å². The predicted octanol–water partition coefficient (Wildman–Crippen LogP) is 1.54. The number of nitrogens with zero attached hydrogens (tertiary/aromatic N) is 1. The van der Waals surface area contributed by atoms with Gasteiger partial charge in [-0.3, -0.25) is 9.59 Å². The molecule has 0 spiro atoms. The highest BCUT2D eigenvalue weighted by atomic mass is 16.2. The highest BCUT2D eigenvalue weighted by molar-refractivity contribution is 6.39. The molecule has 0 saturated carbocycles. The molecule has 154 valence electrons. The zero-order valence-electron chi connectivity index (χ0n) is 17.5. The number of likely N-dealkylation sites (tertiary alicyclic amines) is 1. The lowest BCUT2D eigenvalue weighted by Gasteiger charge is -2.25. The summed E-state index contributed by atoms with van der Waals surface area (Å²) in [6.45, 7) is 4.52. The molecule has 0 aliphatic carbocycles. The molecule has 1 atom stereocenters. The Labute approximate surface area is 172 Å². The van der Waals surface area contributed by atoms with Crippen LogP contribution in [-0.2, 0) is 9.59 Å². The van der Waals surface area contributed by atoms with E-state index >= 15 is 0 Å². The van der Waals surface area contributed by atoms with Crippen LogP contribution < -0.4 is 20.4 Å². The van der Waals surface area contributed by atoms with Crippen LogP contribution in [0, 0.1) is 6.92 Å². The number of hydrogen-bond donors (Lipinski definition) is 3. The zero-order chi connectivity index (χ0) is 20.8. The third-order valence-corrected chi connectivity index (χ3v) is 5.62. The zero-order valence-corrected chi connectivity index (χ0v) is 17.5. The fourth-order valence-corrected chi connectivity index (χ4v) is 3.85. The van der Waals surface area contributed by atoms with E-state index in [0.29, 0.717) is 12.2 Å². The minimum absolute atomic E-state index is 0.143. The second kappa shape index (κ2) is 9.56. The molecular weight excluding hydrogens is 364 g/mol. The first-order valence-corrected chi connectivity index (χ1v) is 10.2. The molecule has 3 rings (SSSR count). The van der Waals surface area contributed by atoms with Crippen molar-refractivity contribution < 1.29 is 14.5 Å². The van der Waals surface area contributed by atoms with Crippen molar-refractivity contribution in [3.05, 3.63) is 59.7 Å². The predicted molar refractivity (Wildman–Crippen MR) is 116 cm³/mol. The highest BCUT2D eigenvalue weighted by Crippen LogP contribution is 2.17. The van der Waals surface area contributed by atoms with Gasteiger partial charge in [0.1, 0.15) is 6.04 Å². The van der Waals surface area contributed by atoms with Crippen molar-refractivity contribution in [2.75, 3.05) is 43.9 Å². The Morgan fingerprint density at radius 1 is 1.00 bits per heavy atom. The van der Waals surface area contributed by atoms with E-state index in [-0.39, 0.29) is 6.04 Å². The number of amides is 2. The maximum Gasteiger partial charge on any atom is 0.313 e. The Hall–Kier alpha value is -2.86. The number of aryl methyl sites for hydroxylation is 1.